The summed E-state index contributed by atoms with van der Waals surface area (Å²) < 4.78 is 0. The molecule has 23 heavy (non-hydrogen) atoms. The third-order valence-electron chi connectivity index (χ3n) is 3.57. The quantitative estimate of drug-likeness (QED) is 0.844. The van der Waals surface area contributed by atoms with Gasteiger partial charge in [0.15, 0.2) is 0 Å². The van der Waals surface area contributed by atoms with E-state index in [2.05, 4.69) is 28.6 Å². The molecule has 0 saturated heterocycles. The Labute approximate surface area is 143 Å². The fourth-order valence-corrected chi connectivity index (χ4v) is 2.95. The van der Waals surface area contributed by atoms with Crippen LogP contribution in [0.4, 0.5) is 0 Å². The molecule has 2 aromatic carbocycles. The fraction of sp³-hybridized carbons (Fsp3) is 0.316. The van der Waals surface area contributed by atoms with E-state index < -0.39 is 0 Å². The van der Waals surface area contributed by atoms with Crippen LogP contribution in [0, 0.1) is 0 Å². The van der Waals surface area contributed by atoms with E-state index >= 15 is 0 Å². The Balaban J connectivity index is 1.99. The van der Waals surface area contributed by atoms with Gasteiger partial charge < -0.3 is 10.2 Å². The molecular formula is C19H24N2OS. The summed E-state index contributed by atoms with van der Waals surface area (Å²) in [7, 11) is 4.09. The Bertz CT molecular complexity index is 638. The summed E-state index contributed by atoms with van der Waals surface area (Å²) in [6.07, 6.45) is 2.08. The lowest BCUT2D eigenvalue weighted by Gasteiger charge is -2.14. The normalized spacial score (nSPS) is 10.8. The number of amides is 1. The monoisotopic (exact) mass is 328 g/mol. The maximum absolute atomic E-state index is 12.3. The van der Waals surface area contributed by atoms with Gasteiger partial charge in [0.25, 0.3) is 5.91 Å². The first-order valence-electron chi connectivity index (χ1n) is 7.67. The van der Waals surface area contributed by atoms with E-state index in [0.29, 0.717) is 12.1 Å². The van der Waals surface area contributed by atoms with Crippen LogP contribution < -0.4 is 5.32 Å². The fourth-order valence-electron chi connectivity index (χ4n) is 2.42. The molecule has 3 nitrogen and oxygen atoms in total. The smallest absolute Gasteiger partial charge is 0.251 e. The van der Waals surface area contributed by atoms with Gasteiger partial charge >= 0.3 is 0 Å². The maximum Gasteiger partial charge on any atom is 0.251 e. The van der Waals surface area contributed by atoms with Gasteiger partial charge in [-0.25, -0.2) is 0 Å². The highest BCUT2D eigenvalue weighted by molar-refractivity contribution is 7.97. The van der Waals surface area contributed by atoms with Crippen LogP contribution in [0.3, 0.4) is 0 Å². The summed E-state index contributed by atoms with van der Waals surface area (Å²) in [5.41, 5.74) is 4.35. The SMILES string of the molecule is CSCc1ccc(C(=O)NCc2ccccc2CN(C)C)cc1. The molecule has 2 rings (SSSR count). The van der Waals surface area contributed by atoms with Crippen molar-refractivity contribution in [3.63, 3.8) is 0 Å². The zero-order valence-corrected chi connectivity index (χ0v) is 14.8. The molecule has 0 aliphatic heterocycles. The second kappa shape index (κ2) is 8.75. The minimum atomic E-state index is -0.0274. The molecule has 0 saturated carbocycles. The second-order valence-electron chi connectivity index (χ2n) is 5.82. The summed E-state index contributed by atoms with van der Waals surface area (Å²) in [6, 6.07) is 16.1. The van der Waals surface area contributed by atoms with E-state index in [4.69, 9.17) is 0 Å². The molecule has 122 valence electrons. The zero-order valence-electron chi connectivity index (χ0n) is 14.0. The molecule has 0 spiro atoms. The standard InChI is InChI=1S/C19H24N2OS/c1-21(2)13-18-7-5-4-6-17(18)12-20-19(22)16-10-8-15(9-11-16)14-23-3/h4-11H,12-14H2,1-3H3,(H,20,22). The Hall–Kier alpha value is -1.78. The van der Waals surface area contributed by atoms with Gasteiger partial charge in [0.1, 0.15) is 0 Å². The van der Waals surface area contributed by atoms with Gasteiger partial charge in [-0.1, -0.05) is 36.4 Å². The lowest BCUT2D eigenvalue weighted by molar-refractivity contribution is 0.0951. The summed E-state index contributed by atoms with van der Waals surface area (Å²) in [5.74, 6) is 0.945. The third-order valence-corrected chi connectivity index (χ3v) is 4.19. The Morgan fingerprint density at radius 3 is 2.30 bits per heavy atom. The van der Waals surface area contributed by atoms with Crippen molar-refractivity contribution in [1.82, 2.24) is 10.2 Å². The van der Waals surface area contributed by atoms with Crippen molar-refractivity contribution in [2.24, 2.45) is 0 Å². The van der Waals surface area contributed by atoms with E-state index in [1.807, 2.05) is 50.5 Å². The van der Waals surface area contributed by atoms with E-state index in [0.717, 1.165) is 17.9 Å². The molecule has 0 bridgehead atoms. The largest absolute Gasteiger partial charge is 0.348 e. The van der Waals surface area contributed by atoms with Gasteiger partial charge in [0.05, 0.1) is 0 Å². The van der Waals surface area contributed by atoms with Crippen LogP contribution in [0.25, 0.3) is 0 Å². The van der Waals surface area contributed by atoms with Gasteiger partial charge in [-0.2, -0.15) is 11.8 Å². The highest BCUT2D eigenvalue weighted by Crippen LogP contribution is 2.12. The topological polar surface area (TPSA) is 32.3 Å². The van der Waals surface area contributed by atoms with E-state index in [9.17, 15) is 4.79 Å². The number of hydrogen-bond acceptors (Lipinski definition) is 3. The summed E-state index contributed by atoms with van der Waals surface area (Å²) in [6.45, 7) is 1.42. The van der Waals surface area contributed by atoms with Crippen LogP contribution in [0.2, 0.25) is 0 Å². The lowest BCUT2D eigenvalue weighted by Crippen LogP contribution is -2.24. The number of carbonyl (C=O) groups excluding carboxylic acids is 1. The highest BCUT2D eigenvalue weighted by atomic mass is 32.2. The molecule has 1 N–H and O–H groups in total. The van der Waals surface area contributed by atoms with Gasteiger partial charge in [-0.05, 0) is 49.2 Å². The van der Waals surface area contributed by atoms with Crippen LogP contribution in [0.5, 0.6) is 0 Å². The Kier molecular flexibility index (Phi) is 6.68. The van der Waals surface area contributed by atoms with Crippen LogP contribution in [-0.2, 0) is 18.8 Å². The Morgan fingerprint density at radius 1 is 1.04 bits per heavy atom. The molecule has 0 unspecified atom stereocenters. The first-order valence-corrected chi connectivity index (χ1v) is 9.07. The van der Waals surface area contributed by atoms with Crippen molar-refractivity contribution in [2.75, 3.05) is 20.4 Å². The average molecular weight is 328 g/mol. The third kappa shape index (κ3) is 5.41. The average Bonchev–Trinajstić information content (AvgIpc) is 2.54. The number of carbonyl (C=O) groups is 1. The van der Waals surface area contributed by atoms with Gasteiger partial charge in [0, 0.05) is 24.4 Å². The predicted molar refractivity (Wildman–Crippen MR) is 98.7 cm³/mol. The summed E-state index contributed by atoms with van der Waals surface area (Å²) in [4.78, 5) is 14.4. The summed E-state index contributed by atoms with van der Waals surface area (Å²) >= 11 is 1.78. The molecular weight excluding hydrogens is 304 g/mol. The van der Waals surface area contributed by atoms with Crippen molar-refractivity contribution in [3.8, 4) is 0 Å². The predicted octanol–water partition coefficient (Wildman–Crippen LogP) is 3.54. The first kappa shape index (κ1) is 17.6. The minimum Gasteiger partial charge on any atom is -0.348 e. The second-order valence-corrected chi connectivity index (χ2v) is 6.69. The maximum atomic E-state index is 12.3. The molecule has 0 radical (unpaired) electrons. The molecule has 0 atom stereocenters. The van der Waals surface area contributed by atoms with Crippen LogP contribution in [-0.4, -0.2) is 31.2 Å². The van der Waals surface area contributed by atoms with Crippen LogP contribution >= 0.6 is 11.8 Å². The van der Waals surface area contributed by atoms with Gasteiger partial charge in [-0.15, -0.1) is 0 Å². The molecule has 0 heterocycles. The zero-order chi connectivity index (χ0) is 16.7. The minimum absolute atomic E-state index is 0.0274. The molecule has 0 aliphatic carbocycles. The molecule has 0 aromatic heterocycles. The highest BCUT2D eigenvalue weighted by Gasteiger charge is 2.08. The van der Waals surface area contributed by atoms with Crippen molar-refractivity contribution < 1.29 is 4.79 Å². The number of hydrogen-bond donors (Lipinski definition) is 1. The van der Waals surface area contributed by atoms with Crippen LogP contribution in [0.15, 0.2) is 48.5 Å². The number of thioether (sulfide) groups is 1. The molecule has 2 aromatic rings. The van der Waals surface area contributed by atoms with Crippen LogP contribution in [0.1, 0.15) is 27.0 Å². The van der Waals surface area contributed by atoms with Crippen molar-refractivity contribution >= 4 is 17.7 Å². The van der Waals surface area contributed by atoms with E-state index in [1.54, 1.807) is 11.8 Å². The molecule has 0 fully saturated rings. The molecule has 4 heteroatoms. The van der Waals surface area contributed by atoms with Crippen molar-refractivity contribution in [3.05, 3.63) is 70.8 Å². The summed E-state index contributed by atoms with van der Waals surface area (Å²) in [5, 5.41) is 3.02. The van der Waals surface area contributed by atoms with Crippen molar-refractivity contribution in [2.45, 2.75) is 18.8 Å². The Morgan fingerprint density at radius 2 is 1.70 bits per heavy atom. The number of rotatable bonds is 7. The van der Waals surface area contributed by atoms with Crippen molar-refractivity contribution in [1.29, 1.82) is 0 Å². The molecule has 0 aliphatic rings. The molecule has 1 amide bonds. The van der Waals surface area contributed by atoms with Gasteiger partial charge in [0.2, 0.25) is 0 Å². The van der Waals surface area contributed by atoms with E-state index in [-0.39, 0.29) is 5.91 Å². The van der Waals surface area contributed by atoms with Gasteiger partial charge in [-0.3, -0.25) is 4.79 Å². The number of nitrogens with zero attached hydrogens (tertiary/aromatic N) is 1. The number of benzene rings is 2. The van der Waals surface area contributed by atoms with E-state index in [1.165, 1.54) is 11.1 Å². The first-order chi connectivity index (χ1) is 11.1. The lowest BCUT2D eigenvalue weighted by atomic mass is 10.1. The number of nitrogens with one attached hydrogen (secondary N) is 1.